The third-order valence-electron chi connectivity index (χ3n) is 5.01. The molecule has 0 spiro atoms. The number of carbonyl (C=O) groups is 2. The summed E-state index contributed by atoms with van der Waals surface area (Å²) in [5, 5.41) is 9.42. The minimum absolute atomic E-state index is 0.105. The van der Waals surface area contributed by atoms with Crippen LogP contribution >= 0.6 is 11.6 Å². The highest BCUT2D eigenvalue weighted by atomic mass is 35.5. The summed E-state index contributed by atoms with van der Waals surface area (Å²) in [6, 6.07) is 12.7. The van der Waals surface area contributed by atoms with Crippen molar-refractivity contribution in [3.8, 4) is 11.5 Å². The molecule has 7 nitrogen and oxygen atoms in total. The first-order valence-corrected chi connectivity index (χ1v) is 10.1. The van der Waals surface area contributed by atoms with Crippen molar-refractivity contribution in [2.75, 3.05) is 39.9 Å². The second-order valence-corrected chi connectivity index (χ2v) is 7.55. The average molecular weight is 433 g/mol. The van der Waals surface area contributed by atoms with Crippen LogP contribution in [-0.2, 0) is 22.6 Å². The molecule has 1 aliphatic rings. The van der Waals surface area contributed by atoms with E-state index in [9.17, 15) is 9.59 Å². The standard InChI is InChI=1S/C22H25ClN2O5/c1-29-19-5-2-16(3-6-19)12-21(26)25-10-8-24(9-11-25)14-17-13-18(23)4-7-20(17)30-15-22(27)28/h2-7,13H,8-12,14-15H2,1H3,(H,27,28). The monoisotopic (exact) mass is 432 g/mol. The van der Waals surface area contributed by atoms with E-state index >= 15 is 0 Å². The highest BCUT2D eigenvalue weighted by Gasteiger charge is 2.22. The number of nitrogens with zero attached hydrogens (tertiary/aromatic N) is 2. The maximum absolute atomic E-state index is 12.6. The van der Waals surface area contributed by atoms with Crippen LogP contribution < -0.4 is 9.47 Å². The summed E-state index contributed by atoms with van der Waals surface area (Å²) in [6.07, 6.45) is 0.367. The predicted octanol–water partition coefficient (Wildman–Crippen LogP) is 2.70. The first kappa shape index (κ1) is 21.9. The molecule has 0 atom stereocenters. The average Bonchev–Trinajstić information content (AvgIpc) is 2.74. The summed E-state index contributed by atoms with van der Waals surface area (Å²) in [5.41, 5.74) is 1.80. The smallest absolute Gasteiger partial charge is 0.341 e. The molecule has 2 aromatic rings. The molecular weight excluding hydrogens is 408 g/mol. The van der Waals surface area contributed by atoms with E-state index in [0.717, 1.165) is 30.0 Å². The normalized spacial score (nSPS) is 14.4. The molecule has 2 aromatic carbocycles. The number of hydrogen-bond donors (Lipinski definition) is 1. The third-order valence-corrected chi connectivity index (χ3v) is 5.24. The van der Waals surface area contributed by atoms with Crippen molar-refractivity contribution in [3.05, 3.63) is 58.6 Å². The van der Waals surface area contributed by atoms with Crippen molar-refractivity contribution < 1.29 is 24.2 Å². The van der Waals surface area contributed by atoms with Crippen molar-refractivity contribution in [3.63, 3.8) is 0 Å². The van der Waals surface area contributed by atoms with E-state index < -0.39 is 12.6 Å². The Morgan fingerprint density at radius 2 is 1.77 bits per heavy atom. The van der Waals surface area contributed by atoms with E-state index in [1.807, 2.05) is 29.2 Å². The van der Waals surface area contributed by atoms with Crippen LogP contribution in [0.15, 0.2) is 42.5 Å². The quantitative estimate of drug-likeness (QED) is 0.691. The molecule has 0 aliphatic carbocycles. The van der Waals surface area contributed by atoms with Crippen LogP contribution in [0.25, 0.3) is 0 Å². The van der Waals surface area contributed by atoms with E-state index in [1.54, 1.807) is 25.3 Å². The van der Waals surface area contributed by atoms with Gasteiger partial charge in [-0.25, -0.2) is 4.79 Å². The largest absolute Gasteiger partial charge is 0.497 e. The molecule has 0 bridgehead atoms. The summed E-state index contributed by atoms with van der Waals surface area (Å²) >= 11 is 6.11. The molecule has 160 valence electrons. The van der Waals surface area contributed by atoms with Crippen molar-refractivity contribution in [1.82, 2.24) is 9.80 Å². The lowest BCUT2D eigenvalue weighted by molar-refractivity contribution is -0.139. The highest BCUT2D eigenvalue weighted by molar-refractivity contribution is 6.30. The summed E-state index contributed by atoms with van der Waals surface area (Å²) < 4.78 is 10.5. The number of aliphatic carboxylic acids is 1. The van der Waals surface area contributed by atoms with E-state index in [1.165, 1.54) is 0 Å². The van der Waals surface area contributed by atoms with Crippen LogP contribution in [0.1, 0.15) is 11.1 Å². The number of piperazine rings is 1. The number of carboxylic acid groups (broad SMARTS) is 1. The molecule has 1 heterocycles. The molecular formula is C22H25ClN2O5. The van der Waals surface area contributed by atoms with Crippen LogP contribution in [0.5, 0.6) is 11.5 Å². The Morgan fingerprint density at radius 3 is 2.40 bits per heavy atom. The van der Waals surface area contributed by atoms with Crippen LogP contribution in [0.2, 0.25) is 5.02 Å². The molecule has 0 unspecified atom stereocenters. The molecule has 8 heteroatoms. The number of ether oxygens (including phenoxy) is 2. The summed E-state index contributed by atoms with van der Waals surface area (Å²) in [5.74, 6) is 0.361. The topological polar surface area (TPSA) is 79.3 Å². The van der Waals surface area contributed by atoms with Gasteiger partial charge in [0.05, 0.1) is 13.5 Å². The third kappa shape index (κ3) is 6.11. The lowest BCUT2D eigenvalue weighted by Gasteiger charge is -2.35. The Balaban J connectivity index is 1.53. The second kappa shape index (κ2) is 10.3. The molecule has 3 rings (SSSR count). The molecule has 1 amide bonds. The van der Waals surface area contributed by atoms with Gasteiger partial charge in [0.2, 0.25) is 5.91 Å². The molecule has 1 aliphatic heterocycles. The highest BCUT2D eigenvalue weighted by Crippen LogP contribution is 2.25. The van der Waals surface area contributed by atoms with Gasteiger partial charge in [0.15, 0.2) is 6.61 Å². The van der Waals surface area contributed by atoms with Crippen LogP contribution in [0.3, 0.4) is 0 Å². The summed E-state index contributed by atoms with van der Waals surface area (Å²) in [4.78, 5) is 27.5. The summed E-state index contributed by atoms with van der Waals surface area (Å²) in [7, 11) is 1.62. The van der Waals surface area contributed by atoms with E-state index in [2.05, 4.69) is 4.90 Å². The van der Waals surface area contributed by atoms with E-state index in [-0.39, 0.29) is 5.91 Å². The molecule has 0 radical (unpaired) electrons. The van der Waals surface area contributed by atoms with Gasteiger partial charge >= 0.3 is 5.97 Å². The number of methoxy groups -OCH3 is 1. The van der Waals surface area contributed by atoms with Crippen LogP contribution in [-0.4, -0.2) is 66.7 Å². The molecule has 0 saturated carbocycles. The summed E-state index contributed by atoms with van der Waals surface area (Å²) in [6.45, 7) is 2.90. The van der Waals surface area contributed by atoms with Crippen molar-refractivity contribution in [2.24, 2.45) is 0 Å². The van der Waals surface area contributed by atoms with Gasteiger partial charge in [-0.3, -0.25) is 9.69 Å². The fraction of sp³-hybridized carbons (Fsp3) is 0.364. The maximum atomic E-state index is 12.6. The Kier molecular flexibility index (Phi) is 7.54. The maximum Gasteiger partial charge on any atom is 0.341 e. The minimum Gasteiger partial charge on any atom is -0.497 e. The van der Waals surface area contributed by atoms with Crippen LogP contribution in [0.4, 0.5) is 0 Å². The minimum atomic E-state index is -1.03. The second-order valence-electron chi connectivity index (χ2n) is 7.12. The zero-order chi connectivity index (χ0) is 21.5. The number of carboxylic acids is 1. The Bertz CT molecular complexity index is 880. The number of carbonyl (C=O) groups excluding carboxylic acids is 1. The Morgan fingerprint density at radius 1 is 1.07 bits per heavy atom. The first-order valence-electron chi connectivity index (χ1n) is 9.70. The van der Waals surface area contributed by atoms with Gasteiger partial charge in [-0.05, 0) is 35.9 Å². The van der Waals surface area contributed by atoms with Crippen molar-refractivity contribution in [1.29, 1.82) is 0 Å². The fourth-order valence-corrected chi connectivity index (χ4v) is 3.57. The van der Waals surface area contributed by atoms with Gasteiger partial charge in [0, 0.05) is 43.3 Å². The molecule has 1 saturated heterocycles. The number of hydrogen-bond acceptors (Lipinski definition) is 5. The SMILES string of the molecule is COc1ccc(CC(=O)N2CCN(Cc3cc(Cl)ccc3OCC(=O)O)CC2)cc1. The number of benzene rings is 2. The lowest BCUT2D eigenvalue weighted by atomic mass is 10.1. The lowest BCUT2D eigenvalue weighted by Crippen LogP contribution is -2.48. The molecule has 0 aromatic heterocycles. The molecule has 1 N–H and O–H groups in total. The number of halogens is 1. The fourth-order valence-electron chi connectivity index (χ4n) is 3.38. The van der Waals surface area contributed by atoms with Gasteiger partial charge in [-0.15, -0.1) is 0 Å². The Labute approximate surface area is 180 Å². The van der Waals surface area contributed by atoms with E-state index in [0.29, 0.717) is 36.8 Å². The van der Waals surface area contributed by atoms with Gasteiger partial charge in [-0.1, -0.05) is 23.7 Å². The van der Waals surface area contributed by atoms with Gasteiger partial charge in [-0.2, -0.15) is 0 Å². The predicted molar refractivity (Wildman–Crippen MR) is 113 cm³/mol. The number of rotatable bonds is 8. The zero-order valence-corrected chi connectivity index (χ0v) is 17.6. The van der Waals surface area contributed by atoms with Gasteiger partial charge in [0.25, 0.3) is 0 Å². The van der Waals surface area contributed by atoms with Gasteiger partial charge in [0.1, 0.15) is 11.5 Å². The molecule has 30 heavy (non-hydrogen) atoms. The molecule has 1 fully saturated rings. The van der Waals surface area contributed by atoms with Crippen molar-refractivity contribution >= 4 is 23.5 Å². The van der Waals surface area contributed by atoms with Gasteiger partial charge < -0.3 is 19.5 Å². The Hall–Kier alpha value is -2.77. The number of amides is 1. The first-order chi connectivity index (χ1) is 14.4. The van der Waals surface area contributed by atoms with Crippen LogP contribution in [0, 0.1) is 0 Å². The van der Waals surface area contributed by atoms with Crippen molar-refractivity contribution in [2.45, 2.75) is 13.0 Å². The van der Waals surface area contributed by atoms with E-state index in [4.69, 9.17) is 26.2 Å². The zero-order valence-electron chi connectivity index (χ0n) is 16.8.